The molecule has 0 N–H and O–H groups in total. The molecule has 2 heteroatoms. The van der Waals surface area contributed by atoms with E-state index in [1.165, 1.54) is 58.2 Å². The molecule has 3 rings (SSSR count). The fourth-order valence-electron chi connectivity index (χ4n) is 3.23. The highest BCUT2D eigenvalue weighted by molar-refractivity contribution is 7.10. The normalized spacial score (nSPS) is 26.6. The van der Waals surface area contributed by atoms with Crippen LogP contribution in [0.2, 0.25) is 0 Å². The van der Waals surface area contributed by atoms with Crippen LogP contribution < -0.4 is 0 Å². The Morgan fingerprint density at radius 2 is 2.06 bits per heavy atom. The molecule has 0 aromatic carbocycles. The van der Waals surface area contributed by atoms with Crippen LogP contribution in [0.3, 0.4) is 0 Å². The molecular formula is C14H21NS. The van der Waals surface area contributed by atoms with Crippen LogP contribution in [0.15, 0.2) is 11.4 Å². The molecule has 1 aromatic heterocycles. The van der Waals surface area contributed by atoms with Gasteiger partial charge in [-0.2, -0.15) is 0 Å². The van der Waals surface area contributed by atoms with Gasteiger partial charge in [-0.25, -0.2) is 0 Å². The third kappa shape index (κ3) is 2.18. The Labute approximate surface area is 102 Å². The van der Waals surface area contributed by atoms with Crippen molar-refractivity contribution < 1.29 is 0 Å². The summed E-state index contributed by atoms with van der Waals surface area (Å²) in [6.07, 6.45) is 8.45. The van der Waals surface area contributed by atoms with Crippen molar-refractivity contribution in [2.45, 2.75) is 44.4 Å². The Balaban J connectivity index is 1.67. The minimum Gasteiger partial charge on any atom is -0.303 e. The van der Waals surface area contributed by atoms with Crippen LogP contribution in [0.4, 0.5) is 0 Å². The molecule has 0 saturated carbocycles. The van der Waals surface area contributed by atoms with Crippen molar-refractivity contribution >= 4 is 11.3 Å². The fraction of sp³-hybridized carbons (Fsp3) is 0.714. The highest BCUT2D eigenvalue weighted by Gasteiger charge is 2.23. The van der Waals surface area contributed by atoms with Gasteiger partial charge in [0, 0.05) is 11.4 Å². The first-order chi connectivity index (χ1) is 7.93. The molecule has 0 amide bonds. The van der Waals surface area contributed by atoms with Crippen molar-refractivity contribution in [3.8, 4) is 0 Å². The van der Waals surface area contributed by atoms with E-state index in [9.17, 15) is 0 Å². The number of aryl methyl sites for hydroxylation is 1. The number of fused-ring (bicyclic) bond motifs is 1. The molecule has 1 nitrogen and oxygen atoms in total. The zero-order valence-corrected chi connectivity index (χ0v) is 10.8. The lowest BCUT2D eigenvalue weighted by molar-refractivity contribution is 0.210. The number of nitrogens with zero attached hydrogens (tertiary/aromatic N) is 1. The molecule has 1 unspecified atom stereocenters. The van der Waals surface area contributed by atoms with Crippen LogP contribution in [-0.4, -0.2) is 24.5 Å². The maximum Gasteiger partial charge on any atom is 0.00805 e. The number of thiophene rings is 1. The summed E-state index contributed by atoms with van der Waals surface area (Å²) in [4.78, 5) is 4.37. The van der Waals surface area contributed by atoms with Crippen molar-refractivity contribution in [2.24, 2.45) is 0 Å². The number of hydrogen-bond acceptors (Lipinski definition) is 2. The average molecular weight is 235 g/mol. The van der Waals surface area contributed by atoms with E-state index in [4.69, 9.17) is 0 Å². The van der Waals surface area contributed by atoms with E-state index >= 15 is 0 Å². The van der Waals surface area contributed by atoms with E-state index < -0.39 is 0 Å². The van der Waals surface area contributed by atoms with Crippen LogP contribution in [0.1, 0.15) is 48.5 Å². The molecule has 1 fully saturated rings. The van der Waals surface area contributed by atoms with Gasteiger partial charge in [-0.05, 0) is 68.1 Å². The minimum atomic E-state index is 0.841. The number of hydrogen-bond donors (Lipinski definition) is 0. The molecular weight excluding hydrogens is 214 g/mol. The third-order valence-corrected chi connectivity index (χ3v) is 5.10. The number of piperidine rings is 1. The molecule has 16 heavy (non-hydrogen) atoms. The van der Waals surface area contributed by atoms with Gasteiger partial charge in [0.15, 0.2) is 0 Å². The summed E-state index contributed by atoms with van der Waals surface area (Å²) >= 11 is 1.97. The molecule has 0 radical (unpaired) electrons. The Morgan fingerprint density at radius 1 is 1.19 bits per heavy atom. The molecule has 2 aliphatic rings. The standard InChI is InChI=1S/C14H21NS/c1-2-8-15(9-3-1)11-12-5-4-6-14-13(12)7-10-16-14/h7,10,12H,1-6,8-9,11H2. The Morgan fingerprint density at radius 3 is 2.94 bits per heavy atom. The molecule has 2 heterocycles. The van der Waals surface area contributed by atoms with Gasteiger partial charge in [0.1, 0.15) is 0 Å². The molecule has 0 spiro atoms. The van der Waals surface area contributed by atoms with Gasteiger partial charge in [0.2, 0.25) is 0 Å². The Kier molecular flexibility index (Phi) is 3.30. The summed E-state index contributed by atoms with van der Waals surface area (Å²) < 4.78 is 0. The van der Waals surface area contributed by atoms with Gasteiger partial charge >= 0.3 is 0 Å². The maximum atomic E-state index is 2.70. The van der Waals surface area contributed by atoms with E-state index in [1.54, 1.807) is 10.4 Å². The molecule has 1 aromatic rings. The molecule has 1 aliphatic heterocycles. The summed E-state index contributed by atoms with van der Waals surface area (Å²) in [5.74, 6) is 0.841. The zero-order chi connectivity index (χ0) is 10.8. The third-order valence-electron chi connectivity index (χ3n) is 4.10. The minimum absolute atomic E-state index is 0.841. The van der Waals surface area contributed by atoms with Gasteiger partial charge in [-0.15, -0.1) is 11.3 Å². The highest BCUT2D eigenvalue weighted by Crippen LogP contribution is 2.35. The molecule has 88 valence electrons. The van der Waals surface area contributed by atoms with E-state index in [-0.39, 0.29) is 0 Å². The summed E-state index contributed by atoms with van der Waals surface area (Å²) in [5, 5.41) is 2.29. The predicted octanol–water partition coefficient (Wildman–Crippen LogP) is 3.65. The van der Waals surface area contributed by atoms with Crippen molar-refractivity contribution in [3.05, 3.63) is 21.9 Å². The highest BCUT2D eigenvalue weighted by atomic mass is 32.1. The second-order valence-corrected chi connectivity index (χ2v) is 6.25. The SMILES string of the molecule is c1cc2c(s1)CCCC2CN1CCCCC1. The second kappa shape index (κ2) is 4.89. The molecule has 0 bridgehead atoms. The number of rotatable bonds is 2. The van der Waals surface area contributed by atoms with E-state index in [0.29, 0.717) is 0 Å². The van der Waals surface area contributed by atoms with Gasteiger partial charge in [-0.3, -0.25) is 0 Å². The van der Waals surface area contributed by atoms with Gasteiger partial charge < -0.3 is 4.90 Å². The quantitative estimate of drug-likeness (QED) is 0.756. The average Bonchev–Trinajstić information content (AvgIpc) is 2.80. The Hall–Kier alpha value is -0.340. The molecule has 1 atom stereocenters. The van der Waals surface area contributed by atoms with Crippen molar-refractivity contribution in [3.63, 3.8) is 0 Å². The van der Waals surface area contributed by atoms with Crippen LogP contribution in [0.25, 0.3) is 0 Å². The van der Waals surface area contributed by atoms with E-state index in [2.05, 4.69) is 16.3 Å². The summed E-state index contributed by atoms with van der Waals surface area (Å²) in [5.41, 5.74) is 1.68. The van der Waals surface area contributed by atoms with Crippen molar-refractivity contribution in [2.75, 3.05) is 19.6 Å². The van der Waals surface area contributed by atoms with Crippen LogP contribution >= 0.6 is 11.3 Å². The first kappa shape index (κ1) is 10.8. The van der Waals surface area contributed by atoms with Crippen molar-refractivity contribution in [1.82, 2.24) is 4.90 Å². The first-order valence-electron chi connectivity index (χ1n) is 6.72. The Bertz CT molecular complexity index is 338. The van der Waals surface area contributed by atoms with Crippen LogP contribution in [0.5, 0.6) is 0 Å². The van der Waals surface area contributed by atoms with Gasteiger partial charge in [0.05, 0.1) is 0 Å². The summed E-state index contributed by atoms with van der Waals surface area (Å²) in [7, 11) is 0. The lowest BCUT2D eigenvalue weighted by Gasteiger charge is -2.32. The van der Waals surface area contributed by atoms with Crippen molar-refractivity contribution in [1.29, 1.82) is 0 Å². The van der Waals surface area contributed by atoms with Crippen LogP contribution in [-0.2, 0) is 6.42 Å². The molecule has 1 saturated heterocycles. The van der Waals surface area contributed by atoms with Gasteiger partial charge in [-0.1, -0.05) is 6.42 Å². The summed E-state index contributed by atoms with van der Waals surface area (Å²) in [6, 6.07) is 2.38. The second-order valence-electron chi connectivity index (χ2n) is 5.25. The topological polar surface area (TPSA) is 3.24 Å². The van der Waals surface area contributed by atoms with Gasteiger partial charge in [0.25, 0.3) is 0 Å². The van der Waals surface area contributed by atoms with E-state index in [1.807, 2.05) is 11.3 Å². The summed E-state index contributed by atoms with van der Waals surface area (Å²) in [6.45, 7) is 4.01. The largest absolute Gasteiger partial charge is 0.303 e. The molecule has 1 aliphatic carbocycles. The lowest BCUT2D eigenvalue weighted by Crippen LogP contribution is -2.34. The smallest absolute Gasteiger partial charge is 0.00805 e. The zero-order valence-electron chi connectivity index (χ0n) is 9.95. The fourth-order valence-corrected chi connectivity index (χ4v) is 4.24. The first-order valence-corrected chi connectivity index (χ1v) is 7.60. The van der Waals surface area contributed by atoms with Crippen LogP contribution in [0, 0.1) is 0 Å². The predicted molar refractivity (Wildman–Crippen MR) is 70.3 cm³/mol. The number of likely N-dealkylation sites (tertiary alicyclic amines) is 1. The monoisotopic (exact) mass is 235 g/mol. The lowest BCUT2D eigenvalue weighted by atomic mass is 9.87. The maximum absolute atomic E-state index is 2.70. The van der Waals surface area contributed by atoms with E-state index in [0.717, 1.165) is 5.92 Å².